The summed E-state index contributed by atoms with van der Waals surface area (Å²) in [6, 6.07) is 0. The molecule has 0 saturated heterocycles. The minimum atomic E-state index is 0.885. The van der Waals surface area contributed by atoms with Crippen molar-refractivity contribution in [1.82, 2.24) is 9.80 Å². The van der Waals surface area contributed by atoms with Crippen LogP contribution >= 0.6 is 0 Å². The van der Waals surface area contributed by atoms with Crippen LogP contribution in [0.2, 0.25) is 0 Å². The Morgan fingerprint density at radius 3 is 2.39 bits per heavy atom. The van der Waals surface area contributed by atoms with E-state index in [1.807, 2.05) is 52.2 Å². The molecule has 0 N–H and O–H groups in total. The molecule has 0 saturated carbocycles. The molecule has 0 aromatic rings. The lowest BCUT2D eigenvalue weighted by molar-refractivity contribution is 0.522. The Kier molecular flexibility index (Phi) is 11.0. The van der Waals surface area contributed by atoms with E-state index in [1.165, 1.54) is 0 Å². The molecule has 1 rings (SSSR count). The maximum atomic E-state index is 4.58. The minimum Gasteiger partial charge on any atom is -0.377 e. The highest BCUT2D eigenvalue weighted by Gasteiger charge is 2.20. The molecule has 0 spiro atoms. The summed E-state index contributed by atoms with van der Waals surface area (Å²) >= 11 is 0. The van der Waals surface area contributed by atoms with E-state index >= 15 is 0 Å². The number of likely N-dealkylation sites (N-methyl/N-ethyl adjacent to an activating group) is 1. The second kappa shape index (κ2) is 13.2. The summed E-state index contributed by atoms with van der Waals surface area (Å²) < 4.78 is 0. The highest BCUT2D eigenvalue weighted by atomic mass is 15.1. The molecule has 0 atom stereocenters. The molecule has 0 amide bonds. The number of rotatable bonds is 9. The predicted molar refractivity (Wildman–Crippen MR) is 139 cm³/mol. The molecular formula is C27H38N4. The second-order valence-electron chi connectivity index (χ2n) is 7.65. The van der Waals surface area contributed by atoms with Crippen molar-refractivity contribution in [2.24, 2.45) is 9.98 Å². The molecule has 4 heteroatoms. The molecule has 0 aromatic carbocycles. The molecule has 31 heavy (non-hydrogen) atoms. The summed E-state index contributed by atoms with van der Waals surface area (Å²) in [4.78, 5) is 13.0. The van der Waals surface area contributed by atoms with E-state index < -0.39 is 0 Å². The van der Waals surface area contributed by atoms with Gasteiger partial charge in [-0.2, -0.15) is 0 Å². The smallest absolute Gasteiger partial charge is 0.0899 e. The monoisotopic (exact) mass is 418 g/mol. The van der Waals surface area contributed by atoms with E-state index in [2.05, 4.69) is 72.5 Å². The van der Waals surface area contributed by atoms with Crippen LogP contribution in [0, 0.1) is 0 Å². The van der Waals surface area contributed by atoms with Crippen LogP contribution in [-0.4, -0.2) is 57.1 Å². The largest absolute Gasteiger partial charge is 0.377 e. The third-order valence-corrected chi connectivity index (χ3v) is 4.86. The Morgan fingerprint density at radius 2 is 1.84 bits per heavy atom. The average Bonchev–Trinajstić information content (AvgIpc) is 2.70. The van der Waals surface area contributed by atoms with Crippen LogP contribution in [-0.2, 0) is 0 Å². The van der Waals surface area contributed by atoms with Crippen molar-refractivity contribution in [3.8, 4) is 0 Å². The quantitative estimate of drug-likeness (QED) is 0.266. The van der Waals surface area contributed by atoms with Crippen molar-refractivity contribution in [2.75, 3.05) is 35.2 Å². The van der Waals surface area contributed by atoms with Crippen LogP contribution in [0.5, 0.6) is 0 Å². The van der Waals surface area contributed by atoms with Gasteiger partial charge in [0, 0.05) is 64.0 Å². The van der Waals surface area contributed by atoms with Crippen LogP contribution in [0.1, 0.15) is 26.7 Å². The van der Waals surface area contributed by atoms with Crippen molar-refractivity contribution in [2.45, 2.75) is 26.7 Å². The normalized spacial score (nSPS) is 17.5. The summed E-state index contributed by atoms with van der Waals surface area (Å²) in [6.45, 7) is 12.5. The summed E-state index contributed by atoms with van der Waals surface area (Å²) in [5.74, 6) is 0. The Bertz CT molecular complexity index is 898. The summed E-state index contributed by atoms with van der Waals surface area (Å²) in [5, 5.41) is 0. The molecule has 0 aliphatic heterocycles. The Balaban J connectivity index is 3.75. The van der Waals surface area contributed by atoms with Crippen molar-refractivity contribution in [3.63, 3.8) is 0 Å². The van der Waals surface area contributed by atoms with Gasteiger partial charge in [-0.3, -0.25) is 4.99 Å². The van der Waals surface area contributed by atoms with E-state index in [9.17, 15) is 0 Å². The van der Waals surface area contributed by atoms with Crippen LogP contribution in [0.4, 0.5) is 0 Å². The van der Waals surface area contributed by atoms with Gasteiger partial charge in [0.15, 0.2) is 0 Å². The van der Waals surface area contributed by atoms with Gasteiger partial charge < -0.3 is 9.80 Å². The Morgan fingerprint density at radius 1 is 1.13 bits per heavy atom. The molecule has 0 fully saturated rings. The maximum absolute atomic E-state index is 4.58. The molecule has 1 aliphatic rings. The molecule has 0 radical (unpaired) electrons. The molecular weight excluding hydrogens is 380 g/mol. The summed E-state index contributed by atoms with van der Waals surface area (Å²) in [5.41, 5.74) is 7.07. The fourth-order valence-corrected chi connectivity index (χ4v) is 3.26. The lowest BCUT2D eigenvalue weighted by atomic mass is 9.85. The molecule has 4 nitrogen and oxygen atoms in total. The first-order valence-electron chi connectivity index (χ1n) is 10.6. The van der Waals surface area contributed by atoms with E-state index in [0.717, 1.165) is 52.1 Å². The van der Waals surface area contributed by atoms with Crippen LogP contribution in [0.15, 0.2) is 105 Å². The van der Waals surface area contributed by atoms with E-state index in [0.29, 0.717) is 0 Å². The van der Waals surface area contributed by atoms with E-state index in [4.69, 9.17) is 0 Å². The number of allylic oxidation sites excluding steroid dienone is 11. The number of aliphatic imine (C=N–C) groups is 2. The third kappa shape index (κ3) is 7.56. The number of hydrogen-bond donors (Lipinski definition) is 0. The zero-order valence-electron chi connectivity index (χ0n) is 20.3. The first-order chi connectivity index (χ1) is 14.8. The van der Waals surface area contributed by atoms with Crippen molar-refractivity contribution >= 4 is 12.1 Å². The lowest BCUT2D eigenvalue weighted by Crippen LogP contribution is -2.16. The van der Waals surface area contributed by atoms with Gasteiger partial charge in [-0.25, -0.2) is 4.99 Å². The first kappa shape index (κ1) is 25.9. The highest BCUT2D eigenvalue weighted by molar-refractivity contribution is 6.03. The fourth-order valence-electron chi connectivity index (χ4n) is 3.26. The van der Waals surface area contributed by atoms with Gasteiger partial charge in [-0.05, 0) is 49.5 Å². The molecule has 1 aliphatic carbocycles. The average molecular weight is 419 g/mol. The zero-order valence-corrected chi connectivity index (χ0v) is 20.3. The number of nitrogens with zero attached hydrogens (tertiary/aromatic N) is 4. The molecule has 166 valence electrons. The Hall–Kier alpha value is -3.14. The lowest BCUT2D eigenvalue weighted by Gasteiger charge is -2.25. The fraction of sp³-hybridized carbons (Fsp3) is 0.333. The number of hydrogen-bond acceptors (Lipinski definition) is 3. The second-order valence-corrected chi connectivity index (χ2v) is 7.65. The van der Waals surface area contributed by atoms with Crippen LogP contribution in [0.25, 0.3) is 0 Å². The van der Waals surface area contributed by atoms with Crippen molar-refractivity contribution < 1.29 is 0 Å². The molecule has 0 bridgehead atoms. The zero-order chi connectivity index (χ0) is 23.4. The highest BCUT2D eigenvalue weighted by Crippen LogP contribution is 2.34. The van der Waals surface area contributed by atoms with Crippen molar-refractivity contribution in [1.29, 1.82) is 0 Å². The maximum Gasteiger partial charge on any atom is 0.0899 e. The summed E-state index contributed by atoms with van der Waals surface area (Å²) in [6.07, 6.45) is 20.3. The van der Waals surface area contributed by atoms with Gasteiger partial charge in [0.2, 0.25) is 0 Å². The Labute approximate surface area is 189 Å². The van der Waals surface area contributed by atoms with Crippen molar-refractivity contribution in [3.05, 3.63) is 95.5 Å². The van der Waals surface area contributed by atoms with E-state index in [-0.39, 0.29) is 0 Å². The van der Waals surface area contributed by atoms with E-state index in [1.54, 1.807) is 12.4 Å². The van der Waals surface area contributed by atoms with Gasteiger partial charge in [0.25, 0.3) is 0 Å². The third-order valence-electron chi connectivity index (χ3n) is 4.86. The van der Waals surface area contributed by atoms with Gasteiger partial charge in [0.1, 0.15) is 0 Å². The van der Waals surface area contributed by atoms with Gasteiger partial charge in [0.05, 0.1) is 6.34 Å². The molecule has 0 heterocycles. The topological polar surface area (TPSA) is 31.2 Å². The van der Waals surface area contributed by atoms with Gasteiger partial charge in [-0.15, -0.1) is 0 Å². The standard InChI is InChI=1S/C27H38N4/c1-10-16-24(23(11-2)22(4)28-5)21(3)26(19-29-20-30(6)7)25-17-14-12-13-15-18-27(25)31(8)9/h10-11,13,15-20H,1,3,12,14H2,2,4-9H3/b15-13-,23-11-,24-16-,25-17?,26-19-,27-18?,28-22?,29-20?. The van der Waals surface area contributed by atoms with Crippen LogP contribution in [0.3, 0.4) is 0 Å². The minimum absolute atomic E-state index is 0.885. The molecule has 0 unspecified atom stereocenters. The SMILES string of the molecule is C=C/C=C(C(=C)/C(=C/N=CN(C)C)C1=CCC/C=C\C=C1N(C)C)\C(=C/C)C(C)=NC. The van der Waals surface area contributed by atoms with Crippen LogP contribution < -0.4 is 0 Å². The van der Waals surface area contributed by atoms with Gasteiger partial charge >= 0.3 is 0 Å². The van der Waals surface area contributed by atoms with Gasteiger partial charge in [-0.1, -0.05) is 49.6 Å². The first-order valence-corrected chi connectivity index (χ1v) is 10.6. The predicted octanol–water partition coefficient (Wildman–Crippen LogP) is 5.89. The summed E-state index contributed by atoms with van der Waals surface area (Å²) in [7, 11) is 9.84. The molecule has 0 aromatic heterocycles.